The van der Waals surface area contributed by atoms with Crippen molar-refractivity contribution in [1.29, 1.82) is 0 Å². The van der Waals surface area contributed by atoms with Crippen LogP contribution in [0.2, 0.25) is 54.4 Å². The average Bonchev–Trinajstić information content (AvgIpc) is 3.67. The minimum Gasteiger partial charge on any atom is -0.414 e. The highest BCUT2D eigenvalue weighted by Crippen LogP contribution is 2.44. The normalized spacial score (nSPS) is 20.2. The van der Waals surface area contributed by atoms with Crippen LogP contribution >= 0.6 is 0 Å². The molecule has 9 atom stereocenters. The molecule has 1 aromatic carbocycles. The molecule has 1 heterocycles. The van der Waals surface area contributed by atoms with Gasteiger partial charge in [0.2, 0.25) is 0 Å². The van der Waals surface area contributed by atoms with Crippen LogP contribution in [-0.2, 0) is 62.6 Å². The summed E-state index contributed by atoms with van der Waals surface area (Å²) >= 11 is 0. The van der Waals surface area contributed by atoms with Gasteiger partial charge in [0.15, 0.2) is 36.5 Å². The molecule has 426 valence electrons. The fourth-order valence-electron chi connectivity index (χ4n) is 9.83. The van der Waals surface area contributed by atoms with Crippen molar-refractivity contribution >= 4 is 30.7 Å². The number of carbonyl (C=O) groups is 1. The van der Waals surface area contributed by atoms with E-state index in [4.69, 9.17) is 51.2 Å². The number of carbonyl (C=O) groups excluding carboxylic acids is 1. The predicted octanol–water partition coefficient (Wildman–Crippen LogP) is 13.0. The molecule has 13 nitrogen and oxygen atoms in total. The molecule has 0 saturated carbocycles. The van der Waals surface area contributed by atoms with Crippen LogP contribution in [0.25, 0.3) is 0 Å². The lowest BCUT2D eigenvalue weighted by atomic mass is 9.76. The first-order chi connectivity index (χ1) is 34.3. The van der Waals surface area contributed by atoms with E-state index < -0.39 is 72.8 Å². The summed E-state index contributed by atoms with van der Waals surface area (Å²) in [7, 11) is -1.96. The monoisotopic (exact) mass is 1080 g/mol. The summed E-state index contributed by atoms with van der Waals surface area (Å²) in [4.78, 5) is 15.8. The third-order valence-corrected chi connectivity index (χ3v) is 30.3. The molecule has 0 unspecified atom stereocenters. The number of Topliss-reactive ketones (excluding diaryl/α,β-unsaturated/α-hetero) is 1. The number of benzene rings is 1. The van der Waals surface area contributed by atoms with Crippen molar-refractivity contribution in [2.45, 2.75) is 252 Å². The van der Waals surface area contributed by atoms with Gasteiger partial charge in [-0.25, -0.2) is 0 Å². The summed E-state index contributed by atoms with van der Waals surface area (Å²) in [6.45, 7) is 37.6. The molecule has 1 aliphatic heterocycles. The van der Waals surface area contributed by atoms with Crippen LogP contribution in [0.3, 0.4) is 0 Å². The molecule has 0 spiro atoms. The van der Waals surface area contributed by atoms with Crippen LogP contribution in [-0.4, -0.2) is 139 Å². The summed E-state index contributed by atoms with van der Waals surface area (Å²) in [6, 6.07) is 16.2. The van der Waals surface area contributed by atoms with Gasteiger partial charge in [-0.2, -0.15) is 0 Å². The van der Waals surface area contributed by atoms with E-state index in [1.165, 1.54) is 12.7 Å². The SMILES string of the molecule is CC[C@H](/C=C(/C)[C@H](C[C@H](C[C@H](O[Si](CC)(CC)CC)C(C)(C)C(=O)[C@@H]1OC(C)(C)O[C@@H]1C[C@H](C[C@@H](OCOC)[C@@H](CO)OCOC)O[Si](C)(C)C(C)(C)C)OC)O[Si](CC)(CC)CC)COCc1ccccc1. The average molecular weight is 1090 g/mol. The third kappa shape index (κ3) is 20.8. The number of rotatable bonds is 39. The molecule has 16 heteroatoms. The van der Waals surface area contributed by atoms with Crippen molar-refractivity contribution in [1.82, 2.24) is 0 Å². The summed E-state index contributed by atoms with van der Waals surface area (Å²) in [5.41, 5.74) is 1.32. The van der Waals surface area contributed by atoms with Crippen LogP contribution in [0.4, 0.5) is 0 Å². The van der Waals surface area contributed by atoms with E-state index in [0.717, 1.165) is 48.2 Å². The van der Waals surface area contributed by atoms with Crippen molar-refractivity contribution in [3.63, 3.8) is 0 Å². The van der Waals surface area contributed by atoms with E-state index in [2.05, 4.69) is 107 Å². The molecule has 2 rings (SSSR count). The summed E-state index contributed by atoms with van der Waals surface area (Å²) in [5, 5.41) is 10.4. The van der Waals surface area contributed by atoms with Gasteiger partial charge < -0.3 is 56.3 Å². The number of aliphatic hydroxyl groups excluding tert-OH is 1. The van der Waals surface area contributed by atoms with E-state index >= 15 is 4.79 Å². The van der Waals surface area contributed by atoms with Crippen molar-refractivity contribution < 1.29 is 61.1 Å². The first-order valence-corrected chi connectivity index (χ1v) is 35.8. The van der Waals surface area contributed by atoms with Crippen molar-refractivity contribution in [2.24, 2.45) is 11.3 Å². The molecule has 0 aromatic heterocycles. The van der Waals surface area contributed by atoms with Gasteiger partial charge in [0.1, 0.15) is 25.8 Å². The topological polar surface area (TPSA) is 139 Å². The highest BCUT2D eigenvalue weighted by atomic mass is 28.4. The molecule has 0 bridgehead atoms. The molecule has 0 radical (unpaired) electrons. The van der Waals surface area contributed by atoms with Gasteiger partial charge in [0.25, 0.3) is 0 Å². The Balaban J connectivity index is 2.70. The molecule has 1 fully saturated rings. The van der Waals surface area contributed by atoms with Crippen LogP contribution in [0.5, 0.6) is 0 Å². The molecule has 0 amide bonds. The zero-order valence-corrected chi connectivity index (χ0v) is 52.8. The maximum atomic E-state index is 15.8. The lowest BCUT2D eigenvalue weighted by Crippen LogP contribution is -2.53. The van der Waals surface area contributed by atoms with Gasteiger partial charge in [-0.1, -0.05) is 119 Å². The Morgan fingerprint density at radius 1 is 0.753 bits per heavy atom. The first-order valence-electron chi connectivity index (χ1n) is 27.9. The standard InChI is InChI=1S/C57H108O13Si3/c1-21-44(39-63-40-45-31-29-28-30-32-45)33-43(8)48(69-72(22-2,23-3)24-4)34-46(62-18)37-52(70-73(25-5,26-6)27-7)56(12,13)54(59)53-50(66-57(14,15)67-53)36-47(68-71(19,20)55(9,10)11)35-49(64-41-60-16)51(38-58)65-42-61-17/h28-33,44,46-53,58H,21-27,34-42H2,1-20H3/b43-33-/t44-,46-,47+,48+,49-,50-,51-,52+,53-/m1/s1. The fraction of sp³-hybridized carbons (Fsp3) is 0.842. The first kappa shape index (κ1) is 67.9. The smallest absolute Gasteiger partial charge is 0.192 e. The molecule has 1 N–H and O–H groups in total. The lowest BCUT2D eigenvalue weighted by Gasteiger charge is -2.43. The number of hydrogen-bond donors (Lipinski definition) is 1. The Morgan fingerprint density at radius 3 is 1.79 bits per heavy atom. The van der Waals surface area contributed by atoms with E-state index in [1.807, 2.05) is 45.9 Å². The summed E-state index contributed by atoms with van der Waals surface area (Å²) in [5.74, 6) is -0.921. The molecular formula is C57H108O13Si3. The minimum atomic E-state index is -2.43. The summed E-state index contributed by atoms with van der Waals surface area (Å²) < 4.78 is 71.2. The van der Waals surface area contributed by atoms with Crippen molar-refractivity contribution in [3.8, 4) is 0 Å². The second-order valence-corrected chi connectivity index (χ2v) is 37.4. The van der Waals surface area contributed by atoms with Gasteiger partial charge in [0, 0.05) is 46.5 Å². The van der Waals surface area contributed by atoms with Crippen molar-refractivity contribution in [3.05, 3.63) is 47.5 Å². The van der Waals surface area contributed by atoms with Gasteiger partial charge in [-0.15, -0.1) is 0 Å². The molecule has 1 saturated heterocycles. The highest BCUT2D eigenvalue weighted by molar-refractivity contribution is 6.74. The Labute approximate surface area is 448 Å². The van der Waals surface area contributed by atoms with Gasteiger partial charge >= 0.3 is 0 Å². The number of ether oxygens (including phenoxy) is 8. The Hall–Kier alpha value is -1.20. The van der Waals surface area contributed by atoms with E-state index in [1.54, 1.807) is 14.2 Å². The summed E-state index contributed by atoms with van der Waals surface area (Å²) in [6.07, 6.45) is 0.740. The highest BCUT2D eigenvalue weighted by Gasteiger charge is 2.54. The third-order valence-electron chi connectivity index (χ3n) is 16.4. The van der Waals surface area contributed by atoms with Crippen LogP contribution in [0.15, 0.2) is 42.0 Å². The molecule has 0 aliphatic carbocycles. The minimum absolute atomic E-state index is 0.0115. The molecular weight excluding hydrogens is 977 g/mol. The van der Waals surface area contributed by atoms with Crippen LogP contribution < -0.4 is 0 Å². The van der Waals surface area contributed by atoms with Crippen LogP contribution in [0.1, 0.15) is 142 Å². The van der Waals surface area contributed by atoms with Gasteiger partial charge in [-0.3, -0.25) is 4.79 Å². The Morgan fingerprint density at radius 2 is 1.30 bits per heavy atom. The van der Waals surface area contributed by atoms with E-state index in [-0.39, 0.29) is 49.1 Å². The second kappa shape index (κ2) is 32.0. The quantitative estimate of drug-likeness (QED) is 0.0380. The van der Waals surface area contributed by atoms with Crippen molar-refractivity contribution in [2.75, 3.05) is 48.1 Å². The maximum Gasteiger partial charge on any atom is 0.192 e. The number of methoxy groups -OCH3 is 3. The maximum absolute atomic E-state index is 15.8. The van der Waals surface area contributed by atoms with Crippen LogP contribution in [0, 0.1) is 11.3 Å². The van der Waals surface area contributed by atoms with E-state index in [0.29, 0.717) is 38.9 Å². The largest absolute Gasteiger partial charge is 0.414 e. The molecule has 1 aliphatic rings. The fourth-order valence-corrected chi connectivity index (χ4v) is 17.1. The van der Waals surface area contributed by atoms with E-state index in [9.17, 15) is 5.11 Å². The Kier molecular flexibility index (Phi) is 29.8. The zero-order valence-electron chi connectivity index (χ0n) is 49.8. The number of aliphatic hydroxyl groups is 1. The molecule has 73 heavy (non-hydrogen) atoms. The Bertz CT molecular complexity index is 1680. The molecule has 1 aromatic rings. The lowest BCUT2D eigenvalue weighted by molar-refractivity contribution is -0.176. The zero-order chi connectivity index (χ0) is 55.3. The second-order valence-electron chi connectivity index (χ2n) is 23.2. The van der Waals surface area contributed by atoms with Gasteiger partial charge in [-0.05, 0) is 99.1 Å². The van der Waals surface area contributed by atoms with Gasteiger partial charge in [0.05, 0.1) is 61.9 Å². The predicted molar refractivity (Wildman–Crippen MR) is 302 cm³/mol. The number of ketones is 1. The number of hydrogen-bond acceptors (Lipinski definition) is 13.